The molecule has 0 bridgehead atoms. The highest BCUT2D eigenvalue weighted by atomic mass is 35.7. The molecule has 0 fully saturated rings. The Morgan fingerprint density at radius 3 is 2.00 bits per heavy atom. The third-order valence-corrected chi connectivity index (χ3v) is 1.81. The van der Waals surface area contributed by atoms with Crippen molar-refractivity contribution in [1.82, 2.24) is 0 Å². The highest BCUT2D eigenvalue weighted by Crippen LogP contribution is 2.32. The normalized spacial score (nSPS) is 12.0. The van der Waals surface area contributed by atoms with E-state index < -0.39 is 11.1 Å². The number of rotatable bonds is 2. The van der Waals surface area contributed by atoms with Crippen molar-refractivity contribution >= 4 is 33.3 Å². The summed E-state index contributed by atoms with van der Waals surface area (Å²) in [7, 11) is 4.61. The lowest BCUT2D eigenvalue weighted by Crippen LogP contribution is -2.08. The molecule has 0 aromatic rings. The van der Waals surface area contributed by atoms with Gasteiger partial charge in [0.05, 0.1) is 5.88 Å². The summed E-state index contributed by atoms with van der Waals surface area (Å²) in [6.45, 7) is 0. The molecule has 0 radical (unpaired) electrons. The van der Waals surface area contributed by atoms with Crippen LogP contribution < -0.4 is 0 Å². The second kappa shape index (κ2) is 2.95. The zero-order chi connectivity index (χ0) is 5.91. The molecule has 0 saturated carbocycles. The Labute approximate surface area is 53.7 Å². The van der Waals surface area contributed by atoms with Gasteiger partial charge in [-0.15, -0.1) is 11.6 Å². The van der Waals surface area contributed by atoms with E-state index in [0.29, 0.717) is 0 Å². The van der Waals surface area contributed by atoms with Gasteiger partial charge >= 0.3 is 5.25 Å². The maximum absolute atomic E-state index is 11.6. The maximum Gasteiger partial charge on any atom is 0.321 e. The number of hydrogen-bond donors (Lipinski definition) is 0. The van der Waals surface area contributed by atoms with Crippen LogP contribution in [-0.4, -0.2) is 11.1 Å². The zero-order valence-corrected chi connectivity index (χ0v) is 5.46. The van der Waals surface area contributed by atoms with Crippen LogP contribution >= 0.6 is 33.3 Å². The molecule has 0 aromatic carbocycles. The van der Waals surface area contributed by atoms with Gasteiger partial charge in [-0.05, 0) is 10.7 Å². The number of halogens is 4. The Hall–Kier alpha value is 0.790. The minimum Gasteiger partial charge on any atom is -0.192 e. The highest BCUT2D eigenvalue weighted by Gasteiger charge is 2.26. The highest BCUT2D eigenvalue weighted by molar-refractivity contribution is 8.21. The van der Waals surface area contributed by atoms with E-state index in [0.717, 1.165) is 0 Å². The fraction of sp³-hybridized carbons (Fsp3) is 1.00. The third kappa shape index (κ3) is 3.38. The predicted molar refractivity (Wildman–Crippen MR) is 29.1 cm³/mol. The smallest absolute Gasteiger partial charge is 0.192 e. The molecule has 0 aliphatic heterocycles. The molecule has 7 heavy (non-hydrogen) atoms. The van der Waals surface area contributed by atoms with Gasteiger partial charge in [-0.2, -0.15) is 8.78 Å². The van der Waals surface area contributed by atoms with E-state index >= 15 is 0 Å². The first-order chi connectivity index (χ1) is 3.12. The van der Waals surface area contributed by atoms with Crippen LogP contribution in [0.4, 0.5) is 8.78 Å². The van der Waals surface area contributed by atoms with Crippen LogP contribution in [0.5, 0.6) is 0 Å². The average Bonchev–Trinajstić information content (AvgIpc) is 1.68. The standard InChI is InChI=1S/C2H2Cl2F2S/c3-1-2(5,6)7-4/h1H2. The van der Waals surface area contributed by atoms with Crippen LogP contribution in [0.3, 0.4) is 0 Å². The molecule has 0 N–H and O–H groups in total. The van der Waals surface area contributed by atoms with Crippen LogP contribution in [0.1, 0.15) is 0 Å². The Kier molecular flexibility index (Phi) is 3.28. The van der Waals surface area contributed by atoms with E-state index in [-0.39, 0.29) is 11.0 Å². The van der Waals surface area contributed by atoms with Crippen LogP contribution in [0, 0.1) is 0 Å². The van der Waals surface area contributed by atoms with Gasteiger partial charge in [0, 0.05) is 11.0 Å². The number of alkyl halides is 3. The van der Waals surface area contributed by atoms with E-state index in [4.69, 9.17) is 11.6 Å². The van der Waals surface area contributed by atoms with E-state index in [1.54, 1.807) is 0 Å². The van der Waals surface area contributed by atoms with E-state index in [2.05, 4.69) is 10.7 Å². The topological polar surface area (TPSA) is 0 Å². The molecule has 0 aliphatic rings. The SMILES string of the molecule is FC(F)(CCl)SCl. The molecule has 0 aliphatic carbocycles. The first-order valence-electron chi connectivity index (χ1n) is 1.36. The van der Waals surface area contributed by atoms with Gasteiger partial charge in [0.25, 0.3) is 0 Å². The van der Waals surface area contributed by atoms with Gasteiger partial charge < -0.3 is 0 Å². The van der Waals surface area contributed by atoms with Gasteiger partial charge in [0.15, 0.2) is 0 Å². The monoisotopic (exact) mass is 166 g/mol. The minimum absolute atomic E-state index is 0.0660. The fourth-order valence-electron chi connectivity index (χ4n) is 0.0206. The lowest BCUT2D eigenvalue weighted by Gasteiger charge is -2.03. The summed E-state index contributed by atoms with van der Waals surface area (Å²) in [5.41, 5.74) is 0. The molecule has 0 amide bonds. The Morgan fingerprint density at radius 2 is 2.00 bits per heavy atom. The van der Waals surface area contributed by atoms with Crippen LogP contribution in [0.25, 0.3) is 0 Å². The van der Waals surface area contributed by atoms with Gasteiger partial charge in [0.2, 0.25) is 0 Å². The summed E-state index contributed by atoms with van der Waals surface area (Å²) < 4.78 is 23.2. The van der Waals surface area contributed by atoms with Gasteiger partial charge in [-0.25, -0.2) is 0 Å². The van der Waals surface area contributed by atoms with E-state index in [1.807, 2.05) is 0 Å². The molecule has 0 atom stereocenters. The Balaban J connectivity index is 3.36. The van der Waals surface area contributed by atoms with Crippen molar-refractivity contribution in [1.29, 1.82) is 0 Å². The van der Waals surface area contributed by atoms with Crippen molar-refractivity contribution in [2.45, 2.75) is 5.25 Å². The van der Waals surface area contributed by atoms with Gasteiger partial charge in [-0.1, -0.05) is 0 Å². The summed E-state index contributed by atoms with van der Waals surface area (Å²) in [6.07, 6.45) is 0. The van der Waals surface area contributed by atoms with Crippen molar-refractivity contribution in [3.8, 4) is 0 Å². The second-order valence-corrected chi connectivity index (χ2v) is 2.33. The zero-order valence-electron chi connectivity index (χ0n) is 3.13. The third-order valence-electron chi connectivity index (χ3n) is 0.268. The number of hydrogen-bond acceptors (Lipinski definition) is 1. The summed E-state index contributed by atoms with van der Waals surface area (Å²) in [5, 5.41) is -2.97. The van der Waals surface area contributed by atoms with Crippen LogP contribution in [0.2, 0.25) is 0 Å². The summed E-state index contributed by atoms with van der Waals surface area (Å²) in [6, 6.07) is 0. The quantitative estimate of drug-likeness (QED) is 0.569. The second-order valence-electron chi connectivity index (χ2n) is 0.848. The fourth-order valence-corrected chi connectivity index (χ4v) is 0.557. The Morgan fingerprint density at radius 1 is 1.57 bits per heavy atom. The summed E-state index contributed by atoms with van der Waals surface area (Å²) >= 11 is 4.74. The molecule has 0 aromatic heterocycles. The molecular weight excluding hydrogens is 165 g/mol. The largest absolute Gasteiger partial charge is 0.321 e. The molecule has 0 unspecified atom stereocenters. The van der Waals surface area contributed by atoms with Crippen molar-refractivity contribution < 1.29 is 8.78 Å². The predicted octanol–water partition coefficient (Wildman–Crippen LogP) is 2.71. The molecule has 5 heteroatoms. The van der Waals surface area contributed by atoms with E-state index in [9.17, 15) is 8.78 Å². The first-order valence-corrected chi connectivity index (χ1v) is 3.53. The van der Waals surface area contributed by atoms with Crippen molar-refractivity contribution in [2.75, 3.05) is 5.88 Å². The lowest BCUT2D eigenvalue weighted by atomic mass is 10.8. The van der Waals surface area contributed by atoms with Crippen LogP contribution in [-0.2, 0) is 0 Å². The molecule has 0 spiro atoms. The first kappa shape index (κ1) is 7.79. The maximum atomic E-state index is 11.6. The van der Waals surface area contributed by atoms with E-state index in [1.165, 1.54) is 0 Å². The van der Waals surface area contributed by atoms with Gasteiger partial charge in [-0.3, -0.25) is 0 Å². The molecule has 0 heterocycles. The van der Waals surface area contributed by atoms with Crippen molar-refractivity contribution in [3.63, 3.8) is 0 Å². The summed E-state index contributed by atoms with van der Waals surface area (Å²) in [5.74, 6) is -0.735. The lowest BCUT2D eigenvalue weighted by molar-refractivity contribution is 0.134. The van der Waals surface area contributed by atoms with Crippen LogP contribution in [0.15, 0.2) is 0 Å². The minimum atomic E-state index is -2.97. The molecule has 0 nitrogen and oxygen atoms in total. The van der Waals surface area contributed by atoms with Crippen molar-refractivity contribution in [3.05, 3.63) is 0 Å². The summed E-state index contributed by atoms with van der Waals surface area (Å²) in [4.78, 5) is 0. The molecule has 44 valence electrons. The molecule has 0 saturated heterocycles. The van der Waals surface area contributed by atoms with Crippen molar-refractivity contribution in [2.24, 2.45) is 0 Å². The molecule has 0 rings (SSSR count). The molecular formula is C2H2Cl2F2S. The average molecular weight is 167 g/mol. The Bertz CT molecular complexity index is 51.7. The van der Waals surface area contributed by atoms with Gasteiger partial charge in [0.1, 0.15) is 0 Å².